The summed E-state index contributed by atoms with van der Waals surface area (Å²) < 4.78 is 51.6. The maximum Gasteiger partial charge on any atom is 0.573 e. The van der Waals surface area contributed by atoms with Gasteiger partial charge in [-0.25, -0.2) is 0 Å². The molecule has 0 bridgehead atoms. The molecule has 0 aromatic heterocycles. The minimum absolute atomic E-state index is 0.0385. The largest absolute Gasteiger partial charge is 0.573 e. The summed E-state index contributed by atoms with van der Waals surface area (Å²) in [5.41, 5.74) is 5.51. The Bertz CT molecular complexity index is 484. The van der Waals surface area contributed by atoms with Crippen LogP contribution in [0, 0.1) is 0 Å². The number of alkyl halides is 3. The van der Waals surface area contributed by atoms with E-state index >= 15 is 0 Å². The van der Waals surface area contributed by atoms with E-state index in [1.165, 1.54) is 18.2 Å². The van der Waals surface area contributed by atoms with Crippen molar-refractivity contribution in [3.8, 4) is 11.5 Å². The zero-order chi connectivity index (χ0) is 15.5. The smallest absolute Gasteiger partial charge is 0.491 e. The van der Waals surface area contributed by atoms with Crippen LogP contribution in [-0.2, 0) is 4.74 Å². The highest BCUT2D eigenvalue weighted by molar-refractivity contribution is 9.10. The summed E-state index contributed by atoms with van der Waals surface area (Å²) >= 11 is 3.02. The van der Waals surface area contributed by atoms with E-state index in [0.29, 0.717) is 18.9 Å². The minimum Gasteiger partial charge on any atom is -0.491 e. The van der Waals surface area contributed by atoms with Gasteiger partial charge in [-0.3, -0.25) is 0 Å². The highest BCUT2D eigenvalue weighted by Crippen LogP contribution is 2.33. The molecule has 118 valence electrons. The zero-order valence-electron chi connectivity index (χ0n) is 11.0. The molecule has 0 saturated carbocycles. The zero-order valence-corrected chi connectivity index (χ0v) is 12.6. The summed E-state index contributed by atoms with van der Waals surface area (Å²) in [7, 11) is 0. The molecule has 8 heteroatoms. The Hall–Kier alpha value is -0.990. The van der Waals surface area contributed by atoms with E-state index in [4.69, 9.17) is 15.2 Å². The van der Waals surface area contributed by atoms with Gasteiger partial charge in [-0.1, -0.05) is 0 Å². The van der Waals surface area contributed by atoms with Crippen LogP contribution in [-0.4, -0.2) is 31.7 Å². The van der Waals surface area contributed by atoms with Gasteiger partial charge < -0.3 is 19.9 Å². The minimum atomic E-state index is -4.72. The second-order valence-electron chi connectivity index (χ2n) is 4.64. The van der Waals surface area contributed by atoms with Gasteiger partial charge in [0, 0.05) is 6.54 Å². The number of benzene rings is 1. The molecule has 1 aromatic carbocycles. The van der Waals surface area contributed by atoms with Crippen LogP contribution in [0.15, 0.2) is 22.7 Å². The maximum atomic E-state index is 12.1. The Morgan fingerprint density at radius 1 is 1.29 bits per heavy atom. The fraction of sp³-hybridized carbons (Fsp3) is 0.538. The molecule has 1 aliphatic heterocycles. The van der Waals surface area contributed by atoms with Gasteiger partial charge in [-0.15, -0.1) is 13.2 Å². The van der Waals surface area contributed by atoms with Gasteiger partial charge in [0.05, 0.1) is 16.7 Å². The standard InChI is InChI=1S/C13H15BrF3NO3/c14-11-5-8(3-4-12(11)21-13(15,16)17)19-7-10-2-1-9(6-18)20-10/h3-5,9-10H,1-2,6-7,18H2. The first-order valence-electron chi connectivity index (χ1n) is 6.41. The van der Waals surface area contributed by atoms with Crippen molar-refractivity contribution < 1.29 is 27.4 Å². The monoisotopic (exact) mass is 369 g/mol. The van der Waals surface area contributed by atoms with Crippen molar-refractivity contribution in [2.24, 2.45) is 5.73 Å². The van der Waals surface area contributed by atoms with E-state index < -0.39 is 6.36 Å². The summed E-state index contributed by atoms with van der Waals surface area (Å²) in [6.07, 6.45) is -2.94. The predicted octanol–water partition coefficient (Wildman–Crippen LogP) is 3.23. The van der Waals surface area contributed by atoms with Gasteiger partial charge in [-0.2, -0.15) is 0 Å². The average molecular weight is 370 g/mol. The average Bonchev–Trinajstić information content (AvgIpc) is 2.86. The Kier molecular flexibility index (Phi) is 5.34. The molecular formula is C13H15BrF3NO3. The highest BCUT2D eigenvalue weighted by Gasteiger charge is 2.32. The number of rotatable bonds is 5. The van der Waals surface area contributed by atoms with Crippen LogP contribution in [0.4, 0.5) is 13.2 Å². The number of nitrogens with two attached hydrogens (primary N) is 1. The lowest BCUT2D eigenvalue weighted by Crippen LogP contribution is -2.23. The first-order valence-corrected chi connectivity index (χ1v) is 7.20. The van der Waals surface area contributed by atoms with Gasteiger partial charge in [0.25, 0.3) is 0 Å². The molecule has 0 radical (unpaired) electrons. The summed E-state index contributed by atoms with van der Waals surface area (Å²) in [6, 6.07) is 4.04. The molecule has 0 amide bonds. The molecule has 2 unspecified atom stereocenters. The third-order valence-electron chi connectivity index (χ3n) is 3.02. The summed E-state index contributed by atoms with van der Waals surface area (Å²) in [5, 5.41) is 0. The fourth-order valence-corrected chi connectivity index (χ4v) is 2.48. The van der Waals surface area contributed by atoms with Crippen LogP contribution < -0.4 is 15.2 Å². The highest BCUT2D eigenvalue weighted by atomic mass is 79.9. The van der Waals surface area contributed by atoms with Gasteiger partial charge >= 0.3 is 6.36 Å². The topological polar surface area (TPSA) is 53.7 Å². The molecule has 21 heavy (non-hydrogen) atoms. The third-order valence-corrected chi connectivity index (χ3v) is 3.64. The van der Waals surface area contributed by atoms with Crippen molar-refractivity contribution in [3.63, 3.8) is 0 Å². The number of hydrogen-bond donors (Lipinski definition) is 1. The van der Waals surface area contributed by atoms with E-state index in [2.05, 4.69) is 20.7 Å². The molecule has 1 saturated heterocycles. The van der Waals surface area contributed by atoms with Crippen molar-refractivity contribution >= 4 is 15.9 Å². The van der Waals surface area contributed by atoms with Gasteiger partial charge in [0.1, 0.15) is 18.1 Å². The molecule has 4 nitrogen and oxygen atoms in total. The number of halogens is 4. The van der Waals surface area contributed by atoms with Gasteiger partial charge in [0.15, 0.2) is 0 Å². The molecule has 1 fully saturated rings. The lowest BCUT2D eigenvalue weighted by molar-refractivity contribution is -0.274. The Balaban J connectivity index is 1.89. The summed E-state index contributed by atoms with van der Waals surface area (Å²) in [6.45, 7) is 0.813. The van der Waals surface area contributed by atoms with Gasteiger partial charge in [-0.05, 0) is 47.0 Å². The quantitative estimate of drug-likeness (QED) is 0.865. The van der Waals surface area contributed by atoms with Crippen molar-refractivity contribution in [1.82, 2.24) is 0 Å². The summed E-state index contributed by atoms with van der Waals surface area (Å²) in [5.74, 6) is 0.131. The van der Waals surface area contributed by atoms with E-state index in [1.54, 1.807) is 0 Å². The van der Waals surface area contributed by atoms with Crippen LogP contribution in [0.5, 0.6) is 11.5 Å². The lowest BCUT2D eigenvalue weighted by Gasteiger charge is -2.15. The van der Waals surface area contributed by atoms with Crippen LogP contribution in [0.2, 0.25) is 0 Å². The maximum absolute atomic E-state index is 12.1. The molecular weight excluding hydrogens is 355 g/mol. The second kappa shape index (κ2) is 6.85. The predicted molar refractivity (Wildman–Crippen MR) is 73.3 cm³/mol. The van der Waals surface area contributed by atoms with Crippen molar-refractivity contribution in [1.29, 1.82) is 0 Å². The van der Waals surface area contributed by atoms with E-state index in [1.807, 2.05) is 0 Å². The van der Waals surface area contributed by atoms with Crippen LogP contribution in [0.25, 0.3) is 0 Å². The molecule has 2 N–H and O–H groups in total. The lowest BCUT2D eigenvalue weighted by atomic mass is 10.2. The first-order chi connectivity index (χ1) is 9.87. The fourth-order valence-electron chi connectivity index (χ4n) is 2.04. The van der Waals surface area contributed by atoms with Crippen molar-refractivity contribution in [2.75, 3.05) is 13.2 Å². The normalized spacial score (nSPS) is 22.3. The Morgan fingerprint density at radius 2 is 2.00 bits per heavy atom. The summed E-state index contributed by atoms with van der Waals surface area (Å²) in [4.78, 5) is 0. The molecule has 1 aliphatic rings. The molecule has 0 aliphatic carbocycles. The Labute approximate surface area is 128 Å². The van der Waals surface area contributed by atoms with Gasteiger partial charge in [0.2, 0.25) is 0 Å². The molecule has 2 rings (SSSR count). The second-order valence-corrected chi connectivity index (χ2v) is 5.50. The van der Waals surface area contributed by atoms with Crippen molar-refractivity contribution in [3.05, 3.63) is 22.7 Å². The molecule has 2 atom stereocenters. The van der Waals surface area contributed by atoms with E-state index in [-0.39, 0.29) is 22.4 Å². The molecule has 1 aromatic rings. The van der Waals surface area contributed by atoms with Crippen LogP contribution in [0.3, 0.4) is 0 Å². The van der Waals surface area contributed by atoms with Crippen LogP contribution >= 0.6 is 15.9 Å². The third kappa shape index (κ3) is 5.05. The number of ether oxygens (including phenoxy) is 3. The van der Waals surface area contributed by atoms with E-state index in [9.17, 15) is 13.2 Å². The molecule has 0 spiro atoms. The number of hydrogen-bond acceptors (Lipinski definition) is 4. The van der Waals surface area contributed by atoms with Crippen LogP contribution in [0.1, 0.15) is 12.8 Å². The van der Waals surface area contributed by atoms with E-state index in [0.717, 1.165) is 12.8 Å². The SMILES string of the molecule is NCC1CCC(COc2ccc(OC(F)(F)F)c(Br)c2)O1. The van der Waals surface area contributed by atoms with Crippen molar-refractivity contribution in [2.45, 2.75) is 31.4 Å². The molecule has 1 heterocycles. The Morgan fingerprint density at radius 3 is 2.57 bits per heavy atom. The first kappa shape index (κ1) is 16.4.